The first kappa shape index (κ1) is 22.0. The third kappa shape index (κ3) is 3.64. The zero-order valence-corrected chi connectivity index (χ0v) is 19.4. The highest BCUT2D eigenvalue weighted by Crippen LogP contribution is 2.30. The molecule has 0 spiro atoms. The Morgan fingerprint density at radius 1 is 1.25 bits per heavy atom. The van der Waals surface area contributed by atoms with Gasteiger partial charge in [0.1, 0.15) is 5.82 Å². The first-order valence-corrected chi connectivity index (χ1v) is 11.1. The normalized spacial score (nSPS) is 16.2. The van der Waals surface area contributed by atoms with E-state index in [-0.39, 0.29) is 17.7 Å². The Balaban J connectivity index is 1.97. The van der Waals surface area contributed by atoms with E-state index in [2.05, 4.69) is 9.56 Å². The van der Waals surface area contributed by atoms with Gasteiger partial charge in [0.15, 0.2) is 4.80 Å². The molecule has 3 heterocycles. The Morgan fingerprint density at radius 2 is 1.94 bits per heavy atom. The van der Waals surface area contributed by atoms with Crippen LogP contribution in [0, 0.1) is 19.7 Å². The van der Waals surface area contributed by atoms with Crippen LogP contribution in [0.25, 0.3) is 6.08 Å². The molecule has 0 radical (unpaired) electrons. The number of hydrogen-bond donors (Lipinski definition) is 0. The first-order chi connectivity index (χ1) is 15.2. The Kier molecular flexibility index (Phi) is 5.73. The quantitative estimate of drug-likeness (QED) is 0.571. The molecule has 0 N–H and O–H groups in total. The molecule has 0 unspecified atom stereocenters. The molecule has 1 atom stereocenters. The van der Waals surface area contributed by atoms with E-state index < -0.39 is 17.8 Å². The predicted molar refractivity (Wildman–Crippen MR) is 122 cm³/mol. The molecule has 1 aromatic carbocycles. The molecule has 6 nitrogen and oxygen atoms in total. The van der Waals surface area contributed by atoms with Crippen LogP contribution in [0.15, 0.2) is 51.4 Å². The maximum absolute atomic E-state index is 13.6. The van der Waals surface area contributed by atoms with Crippen molar-refractivity contribution in [2.24, 2.45) is 12.0 Å². The minimum atomic E-state index is -0.744. The largest absolute Gasteiger partial charge is 0.463 e. The van der Waals surface area contributed by atoms with Crippen LogP contribution in [-0.2, 0) is 16.6 Å². The minimum Gasteiger partial charge on any atom is -0.463 e. The summed E-state index contributed by atoms with van der Waals surface area (Å²) in [6, 6.07) is 7.09. The topological polar surface area (TPSA) is 65.6 Å². The van der Waals surface area contributed by atoms with E-state index in [0.717, 1.165) is 17.0 Å². The monoisotopic (exact) mass is 453 g/mol. The van der Waals surface area contributed by atoms with E-state index in [0.29, 0.717) is 20.6 Å². The molecule has 3 aromatic rings. The van der Waals surface area contributed by atoms with Gasteiger partial charge in [-0.05, 0) is 63.1 Å². The number of carbonyl (C=O) groups excluding carboxylic acids is 1. The lowest BCUT2D eigenvalue weighted by molar-refractivity contribution is -0.139. The fourth-order valence-electron chi connectivity index (χ4n) is 3.92. The fraction of sp³-hybridized carbons (Fsp3) is 0.292. The van der Waals surface area contributed by atoms with E-state index in [1.54, 1.807) is 26.0 Å². The second kappa shape index (κ2) is 8.35. The van der Waals surface area contributed by atoms with Crippen molar-refractivity contribution in [2.45, 2.75) is 33.7 Å². The van der Waals surface area contributed by atoms with Crippen LogP contribution < -0.4 is 14.9 Å². The highest BCUT2D eigenvalue weighted by atomic mass is 32.1. The van der Waals surface area contributed by atoms with E-state index in [4.69, 9.17) is 4.74 Å². The summed E-state index contributed by atoms with van der Waals surface area (Å²) in [5, 5.41) is 0. The summed E-state index contributed by atoms with van der Waals surface area (Å²) in [5.74, 6) is -0.929. The summed E-state index contributed by atoms with van der Waals surface area (Å²) in [5.41, 5.74) is 4.22. The van der Waals surface area contributed by atoms with Crippen molar-refractivity contribution in [1.29, 1.82) is 0 Å². The van der Waals surface area contributed by atoms with Crippen molar-refractivity contribution in [1.82, 2.24) is 9.13 Å². The average molecular weight is 454 g/mol. The number of aryl methyl sites for hydroxylation is 1. The van der Waals surface area contributed by atoms with Gasteiger partial charge in [0.2, 0.25) is 0 Å². The number of nitrogens with zero attached hydrogens (tertiary/aromatic N) is 3. The van der Waals surface area contributed by atoms with Crippen molar-refractivity contribution in [3.8, 4) is 0 Å². The number of allylic oxidation sites excluding steroid dienone is 1. The molecular formula is C24H24FN3O3S. The number of carbonyl (C=O) groups is 1. The molecule has 0 saturated carbocycles. The number of thiazole rings is 1. The molecule has 0 aliphatic carbocycles. The van der Waals surface area contributed by atoms with Crippen molar-refractivity contribution in [2.75, 3.05) is 6.61 Å². The van der Waals surface area contributed by atoms with Crippen LogP contribution in [0.4, 0.5) is 4.39 Å². The van der Waals surface area contributed by atoms with Crippen molar-refractivity contribution >= 4 is 23.4 Å². The maximum Gasteiger partial charge on any atom is 0.338 e. The molecule has 0 fully saturated rings. The summed E-state index contributed by atoms with van der Waals surface area (Å²) < 4.78 is 23.0. The van der Waals surface area contributed by atoms with Gasteiger partial charge in [-0.2, -0.15) is 0 Å². The van der Waals surface area contributed by atoms with Gasteiger partial charge in [0, 0.05) is 18.4 Å². The maximum atomic E-state index is 13.6. The average Bonchev–Trinajstić information content (AvgIpc) is 3.18. The molecule has 0 bridgehead atoms. The van der Waals surface area contributed by atoms with Gasteiger partial charge in [0.05, 0.1) is 28.5 Å². The molecule has 2 aromatic heterocycles. The lowest BCUT2D eigenvalue weighted by Gasteiger charge is -2.24. The van der Waals surface area contributed by atoms with E-state index in [1.807, 2.05) is 33.0 Å². The SMILES string of the molecule is CCOC(=O)C1=C(C)N=c2s/c(=C/c3cc(C)n(C)c3C)c(=O)n2[C@@H]1c1ccc(F)cc1. The molecule has 4 rings (SSSR count). The van der Waals surface area contributed by atoms with Crippen LogP contribution in [-0.4, -0.2) is 21.7 Å². The second-order valence-corrected chi connectivity index (χ2v) is 8.75. The van der Waals surface area contributed by atoms with Crippen molar-refractivity contribution in [3.05, 3.63) is 89.6 Å². The number of rotatable bonds is 4. The zero-order valence-electron chi connectivity index (χ0n) is 18.6. The third-order valence-electron chi connectivity index (χ3n) is 5.80. The van der Waals surface area contributed by atoms with Gasteiger partial charge >= 0.3 is 5.97 Å². The summed E-state index contributed by atoms with van der Waals surface area (Å²) in [6.45, 7) is 7.66. The van der Waals surface area contributed by atoms with Gasteiger partial charge < -0.3 is 9.30 Å². The van der Waals surface area contributed by atoms with Gasteiger partial charge in [-0.3, -0.25) is 9.36 Å². The standard InChI is InChI=1S/C24H24FN3O3S/c1-6-31-23(30)20-14(3)26-24-28(21(20)16-7-9-18(25)10-8-16)22(29)19(32-24)12-17-11-13(2)27(5)15(17)4/h7-12,21H,6H2,1-5H3/b19-12+/t21-/m1/s1. The van der Waals surface area contributed by atoms with E-state index in [1.165, 1.54) is 28.0 Å². The second-order valence-electron chi connectivity index (χ2n) is 7.74. The summed E-state index contributed by atoms with van der Waals surface area (Å²) >= 11 is 1.27. The van der Waals surface area contributed by atoms with Gasteiger partial charge in [0.25, 0.3) is 5.56 Å². The van der Waals surface area contributed by atoms with E-state index in [9.17, 15) is 14.0 Å². The number of fused-ring (bicyclic) bond motifs is 1. The molecule has 8 heteroatoms. The molecule has 0 amide bonds. The van der Waals surface area contributed by atoms with Crippen LogP contribution in [0.5, 0.6) is 0 Å². The minimum absolute atomic E-state index is 0.197. The molecule has 0 saturated heterocycles. The Bertz CT molecular complexity index is 1420. The van der Waals surface area contributed by atoms with Crippen LogP contribution in [0.1, 0.15) is 42.4 Å². The number of hydrogen-bond acceptors (Lipinski definition) is 5. The Hall–Kier alpha value is -3.26. The first-order valence-electron chi connectivity index (χ1n) is 10.3. The van der Waals surface area contributed by atoms with Crippen LogP contribution >= 0.6 is 11.3 Å². The Morgan fingerprint density at radius 3 is 2.53 bits per heavy atom. The fourth-order valence-corrected chi connectivity index (χ4v) is 4.96. The number of aromatic nitrogens is 2. The van der Waals surface area contributed by atoms with Crippen LogP contribution in [0.2, 0.25) is 0 Å². The highest BCUT2D eigenvalue weighted by molar-refractivity contribution is 7.07. The summed E-state index contributed by atoms with van der Waals surface area (Å²) in [6.07, 6.45) is 1.86. The highest BCUT2D eigenvalue weighted by Gasteiger charge is 2.33. The zero-order chi connectivity index (χ0) is 23.2. The van der Waals surface area contributed by atoms with Crippen molar-refractivity contribution < 1.29 is 13.9 Å². The number of benzene rings is 1. The van der Waals surface area contributed by atoms with Gasteiger partial charge in [-0.1, -0.05) is 23.5 Å². The lowest BCUT2D eigenvalue weighted by atomic mass is 9.96. The third-order valence-corrected chi connectivity index (χ3v) is 6.79. The number of ether oxygens (including phenoxy) is 1. The smallest absolute Gasteiger partial charge is 0.338 e. The lowest BCUT2D eigenvalue weighted by Crippen LogP contribution is -2.39. The van der Waals surface area contributed by atoms with Crippen LogP contribution in [0.3, 0.4) is 0 Å². The molecule has 1 aliphatic heterocycles. The van der Waals surface area contributed by atoms with Crippen molar-refractivity contribution in [3.63, 3.8) is 0 Å². The summed E-state index contributed by atoms with van der Waals surface area (Å²) in [7, 11) is 1.98. The van der Waals surface area contributed by atoms with Gasteiger partial charge in [-0.25, -0.2) is 14.2 Å². The molecular weight excluding hydrogens is 429 g/mol. The number of halogens is 1. The number of esters is 1. The molecule has 166 valence electrons. The summed E-state index contributed by atoms with van der Waals surface area (Å²) in [4.78, 5) is 31.4. The predicted octanol–water partition coefficient (Wildman–Crippen LogP) is 2.89. The van der Waals surface area contributed by atoms with Gasteiger partial charge in [-0.15, -0.1) is 0 Å². The molecule has 1 aliphatic rings. The molecule has 32 heavy (non-hydrogen) atoms. The van der Waals surface area contributed by atoms with E-state index >= 15 is 0 Å². The Labute approximate surface area is 188 Å².